The number of aliphatic hydroxyl groups is 2. The quantitative estimate of drug-likeness (QED) is 0.406. The van der Waals surface area contributed by atoms with Crippen LogP contribution < -0.4 is 0 Å². The third-order valence-electron chi connectivity index (χ3n) is 4.41. The fourth-order valence-corrected chi connectivity index (χ4v) is 2.73. The fraction of sp³-hybridized carbons (Fsp3) is 0.231. The van der Waals surface area contributed by atoms with Gasteiger partial charge in [-0.05, 0) is 24.6 Å². The van der Waals surface area contributed by atoms with Crippen molar-refractivity contribution >= 4 is 11.6 Å². The number of benzene rings is 3. The number of ketones is 2. The monoisotopic (exact) mass is 438 g/mol. The molecule has 0 heterocycles. The Hall–Kier alpha value is -3.32. The highest BCUT2D eigenvalue weighted by Gasteiger charge is 2.37. The number of rotatable bonds is 5. The Bertz CT molecular complexity index is 996. The lowest BCUT2D eigenvalue weighted by Crippen LogP contribution is -2.35. The minimum Gasteiger partial charge on any atom is -0.507 e. The van der Waals surface area contributed by atoms with Crippen LogP contribution in [0, 0.1) is 6.92 Å². The van der Waals surface area contributed by atoms with Crippen LogP contribution in [0.4, 0.5) is 0 Å². The van der Waals surface area contributed by atoms with E-state index in [-0.39, 0.29) is 22.7 Å². The van der Waals surface area contributed by atoms with Gasteiger partial charge in [0.1, 0.15) is 5.75 Å². The van der Waals surface area contributed by atoms with Crippen molar-refractivity contribution in [3.05, 3.63) is 101 Å². The SMILES string of the molecule is CCC(=O)c1ccccc1C.COC.O=C(c1ccccc1O)C(O)(O)c1ccccc1. The normalized spacial score (nSPS) is 10.2. The molecule has 6 nitrogen and oxygen atoms in total. The maximum atomic E-state index is 12.0. The number of Topliss-reactive ketones (excluding diaryl/α,β-unsaturated/α-hetero) is 2. The summed E-state index contributed by atoms with van der Waals surface area (Å²) in [6.07, 6.45) is 0.588. The minimum atomic E-state index is -2.65. The molecule has 0 bridgehead atoms. The Morgan fingerprint density at radius 1 is 0.812 bits per heavy atom. The van der Waals surface area contributed by atoms with Gasteiger partial charge >= 0.3 is 0 Å². The predicted molar refractivity (Wildman–Crippen MR) is 124 cm³/mol. The summed E-state index contributed by atoms with van der Waals surface area (Å²) >= 11 is 0. The molecule has 0 spiro atoms. The Morgan fingerprint density at radius 2 is 1.28 bits per heavy atom. The first-order valence-corrected chi connectivity index (χ1v) is 10.0. The fourth-order valence-electron chi connectivity index (χ4n) is 2.73. The first-order valence-electron chi connectivity index (χ1n) is 10.0. The van der Waals surface area contributed by atoms with E-state index in [1.165, 1.54) is 30.3 Å². The summed E-state index contributed by atoms with van der Waals surface area (Å²) in [7, 11) is 3.25. The number of methoxy groups -OCH3 is 1. The smallest absolute Gasteiger partial charge is 0.256 e. The number of phenolic OH excluding ortho intramolecular Hbond substituents is 1. The molecule has 0 aromatic heterocycles. The lowest BCUT2D eigenvalue weighted by Gasteiger charge is -2.20. The summed E-state index contributed by atoms with van der Waals surface area (Å²) < 4.78 is 4.25. The van der Waals surface area contributed by atoms with Gasteiger partial charge in [0.25, 0.3) is 5.79 Å². The van der Waals surface area contributed by atoms with Gasteiger partial charge in [0, 0.05) is 31.8 Å². The van der Waals surface area contributed by atoms with Crippen LogP contribution >= 0.6 is 0 Å². The van der Waals surface area contributed by atoms with Crippen LogP contribution in [0.15, 0.2) is 78.9 Å². The number of ether oxygens (including phenoxy) is 1. The van der Waals surface area contributed by atoms with Crippen molar-refractivity contribution < 1.29 is 29.6 Å². The van der Waals surface area contributed by atoms with Gasteiger partial charge in [-0.3, -0.25) is 9.59 Å². The van der Waals surface area contributed by atoms with Gasteiger partial charge in [0.05, 0.1) is 5.56 Å². The largest absolute Gasteiger partial charge is 0.507 e. The van der Waals surface area contributed by atoms with E-state index in [1.54, 1.807) is 38.5 Å². The molecule has 3 rings (SSSR count). The number of aromatic hydroxyl groups is 1. The molecule has 0 atom stereocenters. The highest BCUT2D eigenvalue weighted by atomic mass is 16.5. The first kappa shape index (κ1) is 26.7. The molecule has 0 saturated heterocycles. The second-order valence-corrected chi connectivity index (χ2v) is 6.88. The van der Waals surface area contributed by atoms with E-state index in [4.69, 9.17) is 0 Å². The molecule has 0 amide bonds. The highest BCUT2D eigenvalue weighted by molar-refractivity contribution is 6.03. The van der Waals surface area contributed by atoms with E-state index in [0.717, 1.165) is 11.1 Å². The lowest BCUT2D eigenvalue weighted by molar-refractivity contribution is -0.128. The third-order valence-corrected chi connectivity index (χ3v) is 4.41. The van der Waals surface area contributed by atoms with E-state index < -0.39 is 11.6 Å². The van der Waals surface area contributed by atoms with Gasteiger partial charge in [-0.25, -0.2) is 0 Å². The Labute approximate surface area is 188 Å². The van der Waals surface area contributed by atoms with Gasteiger partial charge in [-0.15, -0.1) is 0 Å². The van der Waals surface area contributed by atoms with Crippen LogP contribution in [0.1, 0.15) is 45.2 Å². The molecule has 0 aliphatic heterocycles. The van der Waals surface area contributed by atoms with Crippen LogP contribution in [0.2, 0.25) is 0 Å². The third kappa shape index (κ3) is 7.42. The van der Waals surface area contributed by atoms with Crippen molar-refractivity contribution in [1.29, 1.82) is 0 Å². The summed E-state index contributed by atoms with van der Waals surface area (Å²) in [5.41, 5.74) is 1.85. The summed E-state index contributed by atoms with van der Waals surface area (Å²) in [6, 6.07) is 21.2. The van der Waals surface area contributed by atoms with E-state index in [1.807, 2.05) is 38.1 Å². The Kier molecular flexibility index (Phi) is 11.0. The first-order chi connectivity index (χ1) is 15.2. The average Bonchev–Trinajstić information content (AvgIpc) is 2.80. The van der Waals surface area contributed by atoms with Crippen LogP contribution in [-0.2, 0) is 10.5 Å². The van der Waals surface area contributed by atoms with Gasteiger partial charge in [0.15, 0.2) is 5.78 Å². The number of phenols is 1. The predicted octanol–water partition coefficient (Wildman–Crippen LogP) is 4.26. The maximum Gasteiger partial charge on any atom is 0.256 e. The van der Waals surface area contributed by atoms with Gasteiger partial charge in [0.2, 0.25) is 5.78 Å². The van der Waals surface area contributed by atoms with E-state index >= 15 is 0 Å². The topological polar surface area (TPSA) is 104 Å². The summed E-state index contributed by atoms with van der Waals surface area (Å²) in [5.74, 6) is -3.68. The standard InChI is InChI=1S/C14H12O4.C10H12O.C2H6O/c15-12-9-5-4-8-11(12)13(16)14(17,18)10-6-2-1-3-7-10;1-3-10(11)9-7-5-4-6-8(9)2;1-3-2/h1-9,15,17-18H;4-7H,3H2,1-2H3;1-2H3. The molecule has 3 aromatic carbocycles. The second kappa shape index (κ2) is 13.2. The number of carbonyl (C=O) groups is 2. The zero-order valence-electron chi connectivity index (χ0n) is 18.8. The van der Waals surface area contributed by atoms with Gasteiger partial charge in [-0.2, -0.15) is 0 Å². The molecule has 3 N–H and O–H groups in total. The number of aryl methyl sites for hydroxylation is 1. The van der Waals surface area contributed by atoms with Crippen LogP contribution in [0.3, 0.4) is 0 Å². The Balaban J connectivity index is 0.000000312. The molecule has 0 aliphatic carbocycles. The van der Waals surface area contributed by atoms with Gasteiger partial charge < -0.3 is 20.1 Å². The molecule has 0 saturated carbocycles. The number of hydrogen-bond donors (Lipinski definition) is 3. The zero-order valence-corrected chi connectivity index (χ0v) is 18.8. The lowest BCUT2D eigenvalue weighted by atomic mass is 9.96. The van der Waals surface area contributed by atoms with Crippen molar-refractivity contribution in [1.82, 2.24) is 0 Å². The average molecular weight is 439 g/mol. The molecule has 170 valence electrons. The van der Waals surface area contributed by atoms with Gasteiger partial charge in [-0.1, -0.05) is 73.7 Å². The van der Waals surface area contributed by atoms with Crippen molar-refractivity contribution in [2.75, 3.05) is 14.2 Å². The summed E-state index contributed by atoms with van der Waals surface area (Å²) in [5, 5.41) is 29.4. The number of hydrogen-bond acceptors (Lipinski definition) is 6. The van der Waals surface area contributed by atoms with Crippen molar-refractivity contribution in [3.8, 4) is 5.75 Å². The molecule has 0 radical (unpaired) electrons. The molecule has 6 heteroatoms. The highest BCUT2D eigenvalue weighted by Crippen LogP contribution is 2.27. The molecule has 0 aliphatic rings. The molecular formula is C26H30O6. The number of para-hydroxylation sites is 1. The molecule has 32 heavy (non-hydrogen) atoms. The van der Waals surface area contributed by atoms with Crippen LogP contribution in [0.25, 0.3) is 0 Å². The summed E-state index contributed by atoms with van der Waals surface area (Å²) in [4.78, 5) is 23.3. The minimum absolute atomic E-state index is 0.0539. The van der Waals surface area contributed by atoms with Crippen LogP contribution in [0.5, 0.6) is 5.75 Å². The van der Waals surface area contributed by atoms with Crippen molar-refractivity contribution in [3.63, 3.8) is 0 Å². The van der Waals surface area contributed by atoms with Crippen molar-refractivity contribution in [2.24, 2.45) is 0 Å². The Morgan fingerprint density at radius 3 is 1.78 bits per heavy atom. The summed E-state index contributed by atoms with van der Waals surface area (Å²) in [6.45, 7) is 3.84. The second-order valence-electron chi connectivity index (χ2n) is 6.88. The molecular weight excluding hydrogens is 408 g/mol. The maximum absolute atomic E-state index is 12.0. The molecule has 0 unspecified atom stereocenters. The van der Waals surface area contributed by atoms with Crippen molar-refractivity contribution in [2.45, 2.75) is 26.1 Å². The van der Waals surface area contributed by atoms with E-state index in [0.29, 0.717) is 6.42 Å². The molecule has 3 aromatic rings. The zero-order chi connectivity index (χ0) is 24.1. The van der Waals surface area contributed by atoms with E-state index in [9.17, 15) is 24.9 Å². The van der Waals surface area contributed by atoms with E-state index in [2.05, 4.69) is 4.74 Å². The number of carbonyl (C=O) groups excluding carboxylic acids is 2. The van der Waals surface area contributed by atoms with Crippen LogP contribution in [-0.4, -0.2) is 41.1 Å². The molecule has 0 fully saturated rings.